The lowest BCUT2D eigenvalue weighted by Gasteiger charge is -2.19. The Morgan fingerprint density at radius 1 is 1.27 bits per heavy atom. The van der Waals surface area contributed by atoms with Crippen molar-refractivity contribution in [1.29, 1.82) is 0 Å². The van der Waals surface area contributed by atoms with E-state index in [1.54, 1.807) is 30.0 Å². The fourth-order valence-corrected chi connectivity index (χ4v) is 3.20. The Balaban J connectivity index is 2.18. The van der Waals surface area contributed by atoms with Crippen LogP contribution in [0.15, 0.2) is 18.2 Å². The van der Waals surface area contributed by atoms with E-state index in [2.05, 4.69) is 4.72 Å². The van der Waals surface area contributed by atoms with Gasteiger partial charge in [0.25, 0.3) is 0 Å². The maximum absolute atomic E-state index is 12.1. The first-order valence-corrected chi connectivity index (χ1v) is 8.57. The predicted octanol–water partition coefficient (Wildman–Crippen LogP) is 0.748. The molecule has 1 aromatic carbocycles. The van der Waals surface area contributed by atoms with Gasteiger partial charge in [-0.25, -0.2) is 13.1 Å². The number of sulfonamides is 1. The van der Waals surface area contributed by atoms with Gasteiger partial charge in [0.05, 0.1) is 20.0 Å². The van der Waals surface area contributed by atoms with Crippen LogP contribution in [0.5, 0.6) is 11.5 Å². The summed E-state index contributed by atoms with van der Waals surface area (Å²) in [5.74, 6) is 0.955. The molecule has 1 aliphatic heterocycles. The Morgan fingerprint density at radius 3 is 2.55 bits per heavy atom. The van der Waals surface area contributed by atoms with E-state index in [4.69, 9.17) is 9.47 Å². The number of carbonyl (C=O) groups is 1. The quantitative estimate of drug-likeness (QED) is 0.833. The average Bonchev–Trinajstić information content (AvgIpc) is 2.86. The number of carbonyl (C=O) groups excluding carboxylic acids is 1. The topological polar surface area (TPSA) is 84.9 Å². The molecule has 7 nitrogen and oxygen atoms in total. The Hall–Kier alpha value is -1.80. The van der Waals surface area contributed by atoms with Gasteiger partial charge in [-0.3, -0.25) is 4.79 Å². The van der Waals surface area contributed by atoms with E-state index in [-0.39, 0.29) is 18.1 Å². The van der Waals surface area contributed by atoms with Crippen LogP contribution in [0.2, 0.25) is 0 Å². The predicted molar refractivity (Wildman–Crippen MR) is 82.9 cm³/mol. The zero-order chi connectivity index (χ0) is 16.3. The molecule has 1 aromatic rings. The van der Waals surface area contributed by atoms with Gasteiger partial charge in [0.15, 0.2) is 11.5 Å². The van der Waals surface area contributed by atoms with Crippen LogP contribution in [0.1, 0.15) is 13.3 Å². The van der Waals surface area contributed by atoms with E-state index in [0.717, 1.165) is 0 Å². The van der Waals surface area contributed by atoms with Gasteiger partial charge in [-0.1, -0.05) is 0 Å². The molecule has 0 aliphatic carbocycles. The van der Waals surface area contributed by atoms with Crippen LogP contribution in [0.3, 0.4) is 0 Å². The van der Waals surface area contributed by atoms with Crippen LogP contribution in [-0.2, 0) is 14.8 Å². The van der Waals surface area contributed by atoms with Gasteiger partial charge in [0.1, 0.15) is 0 Å². The monoisotopic (exact) mass is 328 g/mol. The van der Waals surface area contributed by atoms with Gasteiger partial charge in [-0.15, -0.1) is 0 Å². The SMILES string of the molecule is CCS(=O)(=O)N[C@@H]1CC(=O)N(c2ccc(OC)c(OC)c2)C1. The third-order valence-electron chi connectivity index (χ3n) is 3.53. The van der Waals surface area contributed by atoms with Crippen molar-refractivity contribution >= 4 is 21.6 Å². The molecule has 1 aliphatic rings. The van der Waals surface area contributed by atoms with Gasteiger partial charge in [-0.2, -0.15) is 0 Å². The van der Waals surface area contributed by atoms with Crippen LogP contribution in [0, 0.1) is 0 Å². The zero-order valence-electron chi connectivity index (χ0n) is 12.8. The highest BCUT2D eigenvalue weighted by Gasteiger charge is 2.33. The molecule has 0 bridgehead atoms. The van der Waals surface area contributed by atoms with Crippen molar-refractivity contribution in [3.63, 3.8) is 0 Å². The van der Waals surface area contributed by atoms with E-state index < -0.39 is 16.1 Å². The molecule has 0 aromatic heterocycles. The van der Waals surface area contributed by atoms with Gasteiger partial charge in [0.2, 0.25) is 15.9 Å². The summed E-state index contributed by atoms with van der Waals surface area (Å²) < 4.78 is 36.1. The second-order valence-electron chi connectivity index (χ2n) is 4.97. The van der Waals surface area contributed by atoms with E-state index >= 15 is 0 Å². The van der Waals surface area contributed by atoms with Gasteiger partial charge >= 0.3 is 0 Å². The number of hydrogen-bond donors (Lipinski definition) is 1. The molecule has 122 valence electrons. The lowest BCUT2D eigenvalue weighted by atomic mass is 10.2. The standard InChI is InChI=1S/C14H20N2O5S/c1-4-22(18,19)15-10-7-14(17)16(9-10)11-5-6-12(20-2)13(8-11)21-3/h5-6,8,10,15H,4,7,9H2,1-3H3/t10-/m1/s1. The van der Waals surface area contributed by atoms with Gasteiger partial charge in [0, 0.05) is 30.8 Å². The lowest BCUT2D eigenvalue weighted by molar-refractivity contribution is -0.117. The third-order valence-corrected chi connectivity index (χ3v) is 4.98. The van der Waals surface area contributed by atoms with E-state index in [9.17, 15) is 13.2 Å². The number of methoxy groups -OCH3 is 2. The molecule has 1 amide bonds. The third kappa shape index (κ3) is 3.50. The molecule has 1 heterocycles. The second kappa shape index (κ2) is 6.53. The molecule has 0 unspecified atom stereocenters. The lowest BCUT2D eigenvalue weighted by Crippen LogP contribution is -2.37. The molecule has 0 spiro atoms. The molecule has 1 saturated heterocycles. The summed E-state index contributed by atoms with van der Waals surface area (Å²) in [6, 6.07) is 4.75. The van der Waals surface area contributed by atoms with Crippen molar-refractivity contribution in [2.45, 2.75) is 19.4 Å². The van der Waals surface area contributed by atoms with Crippen LogP contribution < -0.4 is 19.1 Å². The van der Waals surface area contributed by atoms with Crippen LogP contribution >= 0.6 is 0 Å². The second-order valence-corrected chi connectivity index (χ2v) is 7.01. The Kier molecular flexibility index (Phi) is 4.92. The highest BCUT2D eigenvalue weighted by molar-refractivity contribution is 7.89. The molecule has 2 rings (SSSR count). The molecule has 0 radical (unpaired) electrons. The number of rotatable bonds is 6. The summed E-state index contributed by atoms with van der Waals surface area (Å²) >= 11 is 0. The molecular weight excluding hydrogens is 308 g/mol. The first-order chi connectivity index (χ1) is 10.4. The molecule has 1 atom stereocenters. The first-order valence-electron chi connectivity index (χ1n) is 6.92. The zero-order valence-corrected chi connectivity index (χ0v) is 13.6. The first kappa shape index (κ1) is 16.6. The number of benzene rings is 1. The van der Waals surface area contributed by atoms with Gasteiger partial charge in [-0.05, 0) is 19.1 Å². The van der Waals surface area contributed by atoms with Crippen molar-refractivity contribution in [3.05, 3.63) is 18.2 Å². The summed E-state index contributed by atoms with van der Waals surface area (Å²) in [7, 11) is -0.274. The number of ether oxygens (including phenoxy) is 2. The molecule has 22 heavy (non-hydrogen) atoms. The van der Waals surface area contributed by atoms with Crippen molar-refractivity contribution in [3.8, 4) is 11.5 Å². The Labute approximate surface area is 130 Å². The molecule has 1 N–H and O–H groups in total. The van der Waals surface area contributed by atoms with Crippen molar-refractivity contribution in [2.24, 2.45) is 0 Å². The molecule has 0 saturated carbocycles. The minimum Gasteiger partial charge on any atom is -0.493 e. The van der Waals surface area contributed by atoms with E-state index in [0.29, 0.717) is 23.7 Å². The largest absolute Gasteiger partial charge is 0.493 e. The number of hydrogen-bond acceptors (Lipinski definition) is 5. The summed E-state index contributed by atoms with van der Waals surface area (Å²) in [5, 5.41) is 0. The van der Waals surface area contributed by atoms with Crippen LogP contribution in [0.4, 0.5) is 5.69 Å². The number of nitrogens with one attached hydrogen (secondary N) is 1. The minimum atomic E-state index is -3.33. The molecule has 8 heteroatoms. The Bertz CT molecular complexity index is 659. The smallest absolute Gasteiger partial charge is 0.228 e. The van der Waals surface area contributed by atoms with Crippen molar-refractivity contribution < 1.29 is 22.7 Å². The number of nitrogens with zero attached hydrogens (tertiary/aromatic N) is 1. The highest BCUT2D eigenvalue weighted by atomic mass is 32.2. The highest BCUT2D eigenvalue weighted by Crippen LogP contribution is 2.33. The van der Waals surface area contributed by atoms with Crippen molar-refractivity contribution in [1.82, 2.24) is 4.72 Å². The van der Waals surface area contributed by atoms with E-state index in [1.807, 2.05) is 0 Å². The van der Waals surface area contributed by atoms with Crippen LogP contribution in [0.25, 0.3) is 0 Å². The van der Waals surface area contributed by atoms with Gasteiger partial charge < -0.3 is 14.4 Å². The number of anilines is 1. The Morgan fingerprint density at radius 2 is 1.95 bits per heavy atom. The number of amides is 1. The minimum absolute atomic E-state index is 0.00590. The normalized spacial score (nSPS) is 18.6. The maximum atomic E-state index is 12.1. The fraction of sp³-hybridized carbons (Fsp3) is 0.500. The summed E-state index contributed by atoms with van der Waals surface area (Å²) in [6.45, 7) is 1.86. The molecule has 1 fully saturated rings. The summed E-state index contributed by atoms with van der Waals surface area (Å²) in [6.07, 6.45) is 0.146. The summed E-state index contributed by atoms with van der Waals surface area (Å²) in [5.41, 5.74) is 0.654. The molecular formula is C14H20N2O5S. The van der Waals surface area contributed by atoms with Crippen molar-refractivity contribution in [2.75, 3.05) is 31.4 Å². The maximum Gasteiger partial charge on any atom is 0.228 e. The van der Waals surface area contributed by atoms with Crippen LogP contribution in [-0.4, -0.2) is 46.9 Å². The summed E-state index contributed by atoms with van der Waals surface area (Å²) in [4.78, 5) is 13.7. The average molecular weight is 328 g/mol. The fourth-order valence-electron chi connectivity index (χ4n) is 2.37. The van der Waals surface area contributed by atoms with E-state index in [1.165, 1.54) is 14.2 Å².